The second-order valence-electron chi connectivity index (χ2n) is 4.74. The molecule has 0 aliphatic carbocycles. The summed E-state index contributed by atoms with van der Waals surface area (Å²) in [5.74, 6) is 0.722. The Morgan fingerprint density at radius 1 is 1.22 bits per heavy atom. The highest BCUT2D eigenvalue weighted by atomic mass is 79.9. The molecule has 114 valence electrons. The molecule has 3 rings (SSSR count). The number of nitrogens with zero attached hydrogens (tertiary/aromatic N) is 1. The van der Waals surface area contributed by atoms with E-state index in [-0.39, 0.29) is 11.1 Å². The topological polar surface area (TPSA) is 65.9 Å². The van der Waals surface area contributed by atoms with Gasteiger partial charge in [0.2, 0.25) is 0 Å². The molecule has 0 spiro atoms. The lowest BCUT2D eigenvalue weighted by atomic mass is 10.0. The molecule has 0 aliphatic rings. The number of methoxy groups -OCH3 is 1. The molecule has 2 heterocycles. The number of rotatable bonds is 3. The van der Waals surface area contributed by atoms with Gasteiger partial charge >= 0.3 is 0 Å². The van der Waals surface area contributed by atoms with E-state index in [4.69, 9.17) is 4.74 Å². The fraction of sp³-hybridized carbons (Fsp3) is 0.0588. The highest BCUT2D eigenvalue weighted by Crippen LogP contribution is 2.32. The maximum atomic E-state index is 12.3. The Labute approximate surface area is 145 Å². The number of nitriles is 1. The summed E-state index contributed by atoms with van der Waals surface area (Å²) in [6.45, 7) is 0. The zero-order valence-corrected chi connectivity index (χ0v) is 14.5. The summed E-state index contributed by atoms with van der Waals surface area (Å²) in [6, 6.07) is 14.9. The second kappa shape index (κ2) is 6.41. The fourth-order valence-corrected chi connectivity index (χ4v) is 3.62. The molecule has 0 atom stereocenters. The molecule has 1 aromatic carbocycles. The number of hydrogen-bond donors (Lipinski definition) is 1. The minimum absolute atomic E-state index is 0.106. The van der Waals surface area contributed by atoms with Crippen LogP contribution in [-0.4, -0.2) is 12.1 Å². The van der Waals surface area contributed by atoms with E-state index in [0.29, 0.717) is 11.3 Å². The lowest BCUT2D eigenvalue weighted by molar-refractivity contribution is 0.415. The van der Waals surface area contributed by atoms with Crippen LogP contribution in [0.3, 0.4) is 0 Å². The van der Waals surface area contributed by atoms with Crippen molar-refractivity contribution in [3.05, 3.63) is 62.2 Å². The monoisotopic (exact) mass is 386 g/mol. The van der Waals surface area contributed by atoms with Crippen LogP contribution >= 0.6 is 27.3 Å². The molecule has 2 aromatic heterocycles. The van der Waals surface area contributed by atoms with E-state index >= 15 is 0 Å². The highest BCUT2D eigenvalue weighted by molar-refractivity contribution is 9.11. The number of hydrogen-bond acceptors (Lipinski definition) is 4. The molecule has 3 aromatic rings. The third kappa shape index (κ3) is 3.07. The highest BCUT2D eigenvalue weighted by Gasteiger charge is 2.13. The average Bonchev–Trinajstić information content (AvgIpc) is 3.00. The first kappa shape index (κ1) is 15.5. The van der Waals surface area contributed by atoms with Gasteiger partial charge in [0.25, 0.3) is 5.56 Å². The lowest BCUT2D eigenvalue weighted by Gasteiger charge is -2.07. The van der Waals surface area contributed by atoms with Gasteiger partial charge in [0, 0.05) is 5.56 Å². The molecule has 0 aliphatic heterocycles. The van der Waals surface area contributed by atoms with Crippen LogP contribution in [0.4, 0.5) is 0 Å². The smallest absolute Gasteiger partial charge is 0.266 e. The van der Waals surface area contributed by atoms with Crippen LogP contribution in [0.25, 0.3) is 21.7 Å². The Morgan fingerprint density at radius 2 is 1.96 bits per heavy atom. The van der Waals surface area contributed by atoms with E-state index in [0.717, 1.165) is 20.0 Å². The molecule has 23 heavy (non-hydrogen) atoms. The Kier molecular flexibility index (Phi) is 4.33. The second-order valence-corrected chi connectivity index (χ2v) is 7.21. The summed E-state index contributed by atoms with van der Waals surface area (Å²) < 4.78 is 6.12. The fourth-order valence-electron chi connectivity index (χ4n) is 2.26. The van der Waals surface area contributed by atoms with Crippen LogP contribution in [-0.2, 0) is 0 Å². The van der Waals surface area contributed by atoms with E-state index in [1.165, 1.54) is 11.3 Å². The van der Waals surface area contributed by atoms with Crippen LogP contribution in [0.1, 0.15) is 5.56 Å². The SMILES string of the molecule is COc1ccc(-c2cc(-c3ccc(Br)s3)[nH]c(=O)c2C#N)cc1. The predicted molar refractivity (Wildman–Crippen MR) is 94.8 cm³/mol. The molecular weight excluding hydrogens is 376 g/mol. The zero-order chi connectivity index (χ0) is 16.4. The number of thiophene rings is 1. The number of aromatic amines is 1. The van der Waals surface area contributed by atoms with Gasteiger partial charge in [-0.25, -0.2) is 0 Å². The summed E-state index contributed by atoms with van der Waals surface area (Å²) in [6.07, 6.45) is 0. The van der Waals surface area contributed by atoms with E-state index in [1.54, 1.807) is 19.2 Å². The largest absolute Gasteiger partial charge is 0.497 e. The van der Waals surface area contributed by atoms with Crippen LogP contribution in [0, 0.1) is 11.3 Å². The van der Waals surface area contributed by atoms with Crippen LogP contribution in [0.5, 0.6) is 5.75 Å². The standard InChI is InChI=1S/C17H11BrN2O2S/c1-22-11-4-2-10(3-5-11)12-8-14(15-6-7-16(18)23-15)20-17(21)13(12)9-19/h2-8H,1H3,(H,20,21). The van der Waals surface area contributed by atoms with Gasteiger partial charge in [-0.1, -0.05) is 12.1 Å². The molecular formula is C17H11BrN2O2S. The van der Waals surface area contributed by atoms with Crippen molar-refractivity contribution in [1.82, 2.24) is 4.98 Å². The average molecular weight is 387 g/mol. The van der Waals surface area contributed by atoms with Crippen molar-refractivity contribution in [3.8, 4) is 33.5 Å². The van der Waals surface area contributed by atoms with Crippen molar-refractivity contribution < 1.29 is 4.74 Å². The molecule has 0 saturated heterocycles. The van der Waals surface area contributed by atoms with Crippen molar-refractivity contribution in [2.24, 2.45) is 0 Å². The van der Waals surface area contributed by atoms with Crippen LogP contribution < -0.4 is 10.3 Å². The van der Waals surface area contributed by atoms with Gasteiger partial charge in [0.15, 0.2) is 0 Å². The molecule has 0 bridgehead atoms. The third-order valence-corrected chi connectivity index (χ3v) is 5.04. The number of aromatic nitrogens is 1. The maximum Gasteiger partial charge on any atom is 0.266 e. The first-order valence-electron chi connectivity index (χ1n) is 6.70. The van der Waals surface area contributed by atoms with E-state index < -0.39 is 0 Å². The van der Waals surface area contributed by atoms with Gasteiger partial charge < -0.3 is 9.72 Å². The first-order chi connectivity index (χ1) is 11.1. The number of nitrogens with one attached hydrogen (secondary N) is 1. The third-order valence-electron chi connectivity index (χ3n) is 3.38. The van der Waals surface area contributed by atoms with Gasteiger partial charge in [-0.3, -0.25) is 4.79 Å². The maximum absolute atomic E-state index is 12.3. The predicted octanol–water partition coefficient (Wildman–Crippen LogP) is 4.41. The molecule has 4 nitrogen and oxygen atoms in total. The van der Waals surface area contributed by atoms with Gasteiger partial charge in [-0.2, -0.15) is 5.26 Å². The number of H-pyrrole nitrogens is 1. The number of halogens is 1. The van der Waals surface area contributed by atoms with Crippen molar-refractivity contribution in [2.75, 3.05) is 7.11 Å². The Bertz CT molecular complexity index is 952. The first-order valence-corrected chi connectivity index (χ1v) is 8.31. The Hall–Kier alpha value is -2.36. The van der Waals surface area contributed by atoms with E-state index in [2.05, 4.69) is 20.9 Å². The number of pyridine rings is 1. The quantitative estimate of drug-likeness (QED) is 0.724. The molecule has 1 N–H and O–H groups in total. The number of benzene rings is 1. The summed E-state index contributed by atoms with van der Waals surface area (Å²) >= 11 is 4.93. The van der Waals surface area contributed by atoms with Crippen molar-refractivity contribution in [3.63, 3.8) is 0 Å². The zero-order valence-electron chi connectivity index (χ0n) is 12.1. The summed E-state index contributed by atoms with van der Waals surface area (Å²) in [4.78, 5) is 16.0. The lowest BCUT2D eigenvalue weighted by Crippen LogP contribution is -2.12. The molecule has 0 fully saturated rings. The van der Waals surface area contributed by atoms with Gasteiger partial charge in [0.05, 0.1) is 21.5 Å². The molecule has 0 amide bonds. The van der Waals surface area contributed by atoms with Crippen molar-refractivity contribution in [2.45, 2.75) is 0 Å². The van der Waals surface area contributed by atoms with Gasteiger partial charge in [-0.15, -0.1) is 11.3 Å². The van der Waals surface area contributed by atoms with Gasteiger partial charge in [-0.05, 0) is 51.8 Å². The molecule has 0 saturated carbocycles. The number of ether oxygens (including phenoxy) is 1. The summed E-state index contributed by atoms with van der Waals surface area (Å²) in [7, 11) is 1.59. The van der Waals surface area contributed by atoms with Crippen molar-refractivity contribution in [1.29, 1.82) is 5.26 Å². The molecule has 0 unspecified atom stereocenters. The van der Waals surface area contributed by atoms with E-state index in [9.17, 15) is 10.1 Å². The van der Waals surface area contributed by atoms with Gasteiger partial charge in [0.1, 0.15) is 17.4 Å². The normalized spacial score (nSPS) is 10.3. The van der Waals surface area contributed by atoms with Crippen LogP contribution in [0.2, 0.25) is 0 Å². The van der Waals surface area contributed by atoms with E-state index in [1.807, 2.05) is 36.4 Å². The summed E-state index contributed by atoms with van der Waals surface area (Å²) in [5.41, 5.74) is 1.81. The molecule has 0 radical (unpaired) electrons. The minimum atomic E-state index is -0.389. The Balaban J connectivity index is 2.19. The van der Waals surface area contributed by atoms with Crippen LogP contribution in [0.15, 0.2) is 51.0 Å². The molecule has 6 heteroatoms. The Morgan fingerprint density at radius 3 is 2.52 bits per heavy atom. The van der Waals surface area contributed by atoms with Crippen molar-refractivity contribution >= 4 is 27.3 Å². The summed E-state index contributed by atoms with van der Waals surface area (Å²) in [5, 5.41) is 9.33. The minimum Gasteiger partial charge on any atom is -0.497 e.